The molecule has 0 spiro atoms. The SMILES string of the molecule is CCCN/C=C(/Br)C=N. The van der Waals surface area contributed by atoms with Crippen LogP contribution in [0.3, 0.4) is 0 Å². The van der Waals surface area contributed by atoms with Crippen molar-refractivity contribution in [1.29, 1.82) is 5.41 Å². The molecule has 0 saturated heterocycles. The summed E-state index contributed by atoms with van der Waals surface area (Å²) in [5.74, 6) is 0. The number of hydrogen-bond acceptors (Lipinski definition) is 2. The summed E-state index contributed by atoms with van der Waals surface area (Å²) in [5, 5.41) is 9.79. The number of halogens is 1. The number of allylic oxidation sites excluding steroid dienone is 1. The van der Waals surface area contributed by atoms with Gasteiger partial charge in [-0.05, 0) is 22.4 Å². The van der Waals surface area contributed by atoms with Gasteiger partial charge in [-0.2, -0.15) is 0 Å². The summed E-state index contributed by atoms with van der Waals surface area (Å²) < 4.78 is 0.774. The van der Waals surface area contributed by atoms with Gasteiger partial charge < -0.3 is 10.7 Å². The third kappa shape index (κ3) is 5.56. The van der Waals surface area contributed by atoms with Gasteiger partial charge in [0.15, 0.2) is 0 Å². The molecule has 3 heteroatoms. The van der Waals surface area contributed by atoms with E-state index in [1.165, 1.54) is 6.21 Å². The Hall–Kier alpha value is -0.310. The average molecular weight is 191 g/mol. The van der Waals surface area contributed by atoms with E-state index in [4.69, 9.17) is 5.41 Å². The molecule has 0 atom stereocenters. The van der Waals surface area contributed by atoms with Gasteiger partial charge in [0, 0.05) is 19.0 Å². The molecule has 0 saturated carbocycles. The lowest BCUT2D eigenvalue weighted by atomic mass is 10.5. The lowest BCUT2D eigenvalue weighted by Gasteiger charge is -1.94. The van der Waals surface area contributed by atoms with Crippen LogP contribution in [-0.2, 0) is 0 Å². The Kier molecular flexibility index (Phi) is 5.62. The van der Waals surface area contributed by atoms with Crippen molar-refractivity contribution in [3.8, 4) is 0 Å². The van der Waals surface area contributed by atoms with Gasteiger partial charge in [-0.1, -0.05) is 6.92 Å². The molecule has 0 amide bonds. The second-order valence-electron chi connectivity index (χ2n) is 1.63. The van der Waals surface area contributed by atoms with Crippen molar-refractivity contribution in [3.63, 3.8) is 0 Å². The van der Waals surface area contributed by atoms with Crippen molar-refractivity contribution in [3.05, 3.63) is 10.7 Å². The van der Waals surface area contributed by atoms with E-state index in [2.05, 4.69) is 28.2 Å². The fraction of sp³-hybridized carbons (Fsp3) is 0.500. The smallest absolute Gasteiger partial charge is 0.0507 e. The summed E-state index contributed by atoms with van der Waals surface area (Å²) in [6.07, 6.45) is 4.13. The van der Waals surface area contributed by atoms with Crippen LogP contribution < -0.4 is 5.32 Å². The molecule has 0 unspecified atom stereocenters. The zero-order valence-corrected chi connectivity index (χ0v) is 7.03. The Bertz CT molecular complexity index is 110. The Morgan fingerprint density at radius 1 is 1.78 bits per heavy atom. The van der Waals surface area contributed by atoms with Crippen LogP contribution in [0.1, 0.15) is 13.3 Å². The summed E-state index contributed by atoms with van der Waals surface area (Å²) in [7, 11) is 0. The number of hydrogen-bond donors (Lipinski definition) is 2. The highest BCUT2D eigenvalue weighted by Gasteiger charge is 1.80. The molecule has 0 aromatic heterocycles. The summed E-state index contributed by atoms with van der Waals surface area (Å²) in [6.45, 7) is 3.06. The van der Waals surface area contributed by atoms with E-state index in [-0.39, 0.29) is 0 Å². The van der Waals surface area contributed by atoms with Crippen molar-refractivity contribution in [2.75, 3.05) is 6.54 Å². The highest BCUT2D eigenvalue weighted by molar-refractivity contribution is 9.12. The monoisotopic (exact) mass is 190 g/mol. The first-order valence-electron chi connectivity index (χ1n) is 2.90. The van der Waals surface area contributed by atoms with Gasteiger partial charge in [0.05, 0.1) is 4.48 Å². The van der Waals surface area contributed by atoms with Gasteiger partial charge in [0.1, 0.15) is 0 Å². The van der Waals surface area contributed by atoms with Crippen LogP contribution in [0.4, 0.5) is 0 Å². The van der Waals surface area contributed by atoms with Gasteiger partial charge in [-0.3, -0.25) is 0 Å². The lowest BCUT2D eigenvalue weighted by Crippen LogP contribution is -2.05. The molecule has 0 aliphatic rings. The van der Waals surface area contributed by atoms with Crippen molar-refractivity contribution >= 4 is 22.1 Å². The predicted molar refractivity (Wildman–Crippen MR) is 44.1 cm³/mol. The van der Waals surface area contributed by atoms with Gasteiger partial charge in [-0.25, -0.2) is 0 Å². The van der Waals surface area contributed by atoms with Gasteiger partial charge >= 0.3 is 0 Å². The zero-order valence-electron chi connectivity index (χ0n) is 5.45. The maximum Gasteiger partial charge on any atom is 0.0507 e. The molecule has 0 aliphatic carbocycles. The van der Waals surface area contributed by atoms with Crippen LogP contribution in [0, 0.1) is 5.41 Å². The number of rotatable bonds is 4. The molecule has 0 fully saturated rings. The van der Waals surface area contributed by atoms with Crippen molar-refractivity contribution in [2.24, 2.45) is 0 Å². The highest BCUT2D eigenvalue weighted by atomic mass is 79.9. The van der Waals surface area contributed by atoms with Crippen LogP contribution in [0.15, 0.2) is 10.7 Å². The molecule has 9 heavy (non-hydrogen) atoms. The summed E-state index contributed by atoms with van der Waals surface area (Å²) in [4.78, 5) is 0. The number of nitrogens with one attached hydrogen (secondary N) is 2. The Labute approximate surface area is 64.0 Å². The molecule has 52 valence electrons. The maximum absolute atomic E-state index is 6.76. The third-order valence-electron chi connectivity index (χ3n) is 0.772. The van der Waals surface area contributed by atoms with Crippen molar-refractivity contribution in [1.82, 2.24) is 5.32 Å². The first kappa shape index (κ1) is 8.69. The van der Waals surface area contributed by atoms with E-state index in [1.54, 1.807) is 6.20 Å². The summed E-state index contributed by atoms with van der Waals surface area (Å²) in [6, 6.07) is 0. The fourth-order valence-corrected chi connectivity index (χ4v) is 0.518. The maximum atomic E-state index is 6.76. The normalized spacial score (nSPS) is 11.1. The molecule has 0 heterocycles. The molecule has 0 aromatic carbocycles. The molecule has 0 aliphatic heterocycles. The molecule has 0 aromatic rings. The molecule has 0 bridgehead atoms. The minimum absolute atomic E-state index is 0.774. The average Bonchev–Trinajstić information content (AvgIpc) is 1.89. The van der Waals surface area contributed by atoms with Crippen LogP contribution in [0.2, 0.25) is 0 Å². The first-order chi connectivity index (χ1) is 4.31. The van der Waals surface area contributed by atoms with Crippen molar-refractivity contribution in [2.45, 2.75) is 13.3 Å². The van der Waals surface area contributed by atoms with Crippen LogP contribution in [0.5, 0.6) is 0 Å². The second kappa shape index (κ2) is 5.82. The van der Waals surface area contributed by atoms with Gasteiger partial charge in [0.25, 0.3) is 0 Å². The van der Waals surface area contributed by atoms with Crippen LogP contribution >= 0.6 is 15.9 Å². The van der Waals surface area contributed by atoms with E-state index in [9.17, 15) is 0 Å². The molecule has 2 N–H and O–H groups in total. The molecule has 0 radical (unpaired) electrons. The van der Waals surface area contributed by atoms with E-state index < -0.39 is 0 Å². The Morgan fingerprint density at radius 3 is 2.89 bits per heavy atom. The van der Waals surface area contributed by atoms with Gasteiger partial charge in [0.2, 0.25) is 0 Å². The Morgan fingerprint density at radius 2 is 2.44 bits per heavy atom. The lowest BCUT2D eigenvalue weighted by molar-refractivity contribution is 0.809. The zero-order chi connectivity index (χ0) is 7.11. The summed E-state index contributed by atoms with van der Waals surface area (Å²) in [5.41, 5.74) is 0. The quantitative estimate of drug-likeness (QED) is 0.516. The van der Waals surface area contributed by atoms with Gasteiger partial charge in [-0.15, -0.1) is 0 Å². The minimum Gasteiger partial charge on any atom is -0.390 e. The van der Waals surface area contributed by atoms with E-state index in [0.717, 1.165) is 17.4 Å². The van der Waals surface area contributed by atoms with Crippen LogP contribution in [-0.4, -0.2) is 12.8 Å². The highest BCUT2D eigenvalue weighted by Crippen LogP contribution is 1.96. The first-order valence-corrected chi connectivity index (χ1v) is 3.70. The van der Waals surface area contributed by atoms with E-state index >= 15 is 0 Å². The fourth-order valence-electron chi connectivity index (χ4n) is 0.356. The summed E-state index contributed by atoms with van der Waals surface area (Å²) >= 11 is 3.16. The third-order valence-corrected chi connectivity index (χ3v) is 1.23. The largest absolute Gasteiger partial charge is 0.390 e. The molecular formula is C6H11BrN2. The Balaban J connectivity index is 3.31. The van der Waals surface area contributed by atoms with E-state index in [0.29, 0.717) is 0 Å². The molecule has 0 rings (SSSR count). The molecule has 2 nitrogen and oxygen atoms in total. The minimum atomic E-state index is 0.774. The van der Waals surface area contributed by atoms with E-state index in [1.807, 2.05) is 0 Å². The van der Waals surface area contributed by atoms with Crippen molar-refractivity contribution < 1.29 is 0 Å². The predicted octanol–water partition coefficient (Wildman–Crippen LogP) is 1.87. The van der Waals surface area contributed by atoms with Crippen LogP contribution in [0.25, 0.3) is 0 Å². The second-order valence-corrected chi connectivity index (χ2v) is 2.54. The standard InChI is InChI=1S/C6H11BrN2/c1-2-3-9-5-6(7)4-8/h4-5,8-9H,2-3H2,1H3/b6-5+,8-4?. The molecular weight excluding hydrogens is 180 g/mol. The topological polar surface area (TPSA) is 35.9 Å².